The summed E-state index contributed by atoms with van der Waals surface area (Å²) in [6, 6.07) is 11.9. The van der Waals surface area contributed by atoms with Crippen molar-refractivity contribution >= 4 is 29.7 Å². The zero-order chi connectivity index (χ0) is 27.4. The van der Waals surface area contributed by atoms with Crippen molar-refractivity contribution in [2.24, 2.45) is 0 Å². The lowest BCUT2D eigenvalue weighted by atomic mass is 10.1. The van der Waals surface area contributed by atoms with E-state index in [1.54, 1.807) is 45.0 Å². The van der Waals surface area contributed by atoms with Crippen LogP contribution in [0.5, 0.6) is 0 Å². The molecular formula is C25H32O10. The zero-order valence-electron chi connectivity index (χ0n) is 20.4. The van der Waals surface area contributed by atoms with Gasteiger partial charge in [-0.2, -0.15) is 0 Å². The first-order valence-corrected chi connectivity index (χ1v) is 10.5. The summed E-state index contributed by atoms with van der Waals surface area (Å²) >= 11 is 0. The van der Waals surface area contributed by atoms with Crippen molar-refractivity contribution in [2.75, 3.05) is 19.8 Å². The average Bonchev–Trinajstić information content (AvgIpc) is 2.80. The molecule has 0 aliphatic heterocycles. The number of hydrogen-bond donors (Lipinski definition) is 3. The number of aliphatic hydroxyl groups is 1. The van der Waals surface area contributed by atoms with E-state index in [9.17, 15) is 24.0 Å². The van der Waals surface area contributed by atoms with Gasteiger partial charge in [-0.1, -0.05) is 24.3 Å². The Kier molecular flexibility index (Phi) is 18.4. The summed E-state index contributed by atoms with van der Waals surface area (Å²) < 4.78 is 9.70. The van der Waals surface area contributed by atoms with E-state index in [2.05, 4.69) is 0 Å². The predicted octanol–water partition coefficient (Wildman–Crippen LogP) is 3.72. The predicted molar refractivity (Wildman–Crippen MR) is 128 cm³/mol. The second kappa shape index (κ2) is 19.4. The van der Waals surface area contributed by atoms with Crippen LogP contribution in [0.4, 0.5) is 0 Å². The van der Waals surface area contributed by atoms with Gasteiger partial charge in [0, 0.05) is 6.61 Å². The molecule has 2 aromatic carbocycles. The molecule has 0 heterocycles. The highest BCUT2D eigenvalue weighted by Gasteiger charge is 2.18. The third kappa shape index (κ3) is 14.7. The Labute approximate surface area is 204 Å². The molecule has 35 heavy (non-hydrogen) atoms. The van der Waals surface area contributed by atoms with Gasteiger partial charge in [0.25, 0.3) is 0 Å². The van der Waals surface area contributed by atoms with E-state index in [1.807, 2.05) is 0 Å². The minimum absolute atomic E-state index is 0.167. The first-order chi connectivity index (χ1) is 16.5. The van der Waals surface area contributed by atoms with Gasteiger partial charge in [0.2, 0.25) is 0 Å². The quantitative estimate of drug-likeness (QED) is 0.506. The topological polar surface area (TPSA) is 164 Å². The molecule has 0 fully saturated rings. The lowest BCUT2D eigenvalue weighted by Crippen LogP contribution is -2.13. The summed E-state index contributed by atoms with van der Waals surface area (Å²) in [6.45, 7) is 8.96. The van der Waals surface area contributed by atoms with Crippen LogP contribution in [0.25, 0.3) is 0 Å². The lowest BCUT2D eigenvalue weighted by Gasteiger charge is -2.07. The number of ketones is 1. The Morgan fingerprint density at radius 1 is 0.629 bits per heavy atom. The Balaban J connectivity index is 0. The molecular weight excluding hydrogens is 460 g/mol. The molecule has 0 radical (unpaired) electrons. The number of carbonyl (C=O) groups excluding carboxylic acids is 3. The molecule has 0 saturated heterocycles. The highest BCUT2D eigenvalue weighted by Crippen LogP contribution is 2.12. The first-order valence-electron chi connectivity index (χ1n) is 10.5. The van der Waals surface area contributed by atoms with Crippen molar-refractivity contribution in [3.63, 3.8) is 0 Å². The third-order valence-corrected chi connectivity index (χ3v) is 3.31. The number of ether oxygens (including phenoxy) is 2. The standard InChI is InChI=1S/C12H14O4.C8H6O4.C3H6O.C2H6O/c1-3-15-11(13)9-7-5-6-8-10(9)12(14)16-4-2;9-7(10)5-3-1-2-4-6(5)8(11)12;1-3(2)4;1-2-3/h5-8H,3-4H2,1-2H3;1-4H,(H,9,10)(H,11,12);1-2H3;3H,2H2,1H3. The molecule has 0 atom stereocenters. The zero-order valence-corrected chi connectivity index (χ0v) is 20.4. The average molecular weight is 493 g/mol. The molecule has 2 aromatic rings. The van der Waals surface area contributed by atoms with E-state index >= 15 is 0 Å². The Morgan fingerprint density at radius 3 is 1.06 bits per heavy atom. The van der Waals surface area contributed by atoms with Crippen LogP contribution in [0.15, 0.2) is 48.5 Å². The smallest absolute Gasteiger partial charge is 0.338 e. The molecule has 0 unspecified atom stereocenters. The summed E-state index contributed by atoms with van der Waals surface area (Å²) in [5.74, 6) is -3.31. The molecule has 0 aromatic heterocycles. The van der Waals surface area contributed by atoms with E-state index < -0.39 is 23.9 Å². The number of Topliss-reactive ketones (excluding diaryl/α,β-unsaturated/α-hetero) is 1. The van der Waals surface area contributed by atoms with Crippen LogP contribution in [0.2, 0.25) is 0 Å². The molecule has 0 amide bonds. The SMILES string of the molecule is CC(C)=O.CCO.CCOC(=O)c1ccccc1C(=O)OCC.O=C(O)c1ccccc1C(=O)O. The third-order valence-electron chi connectivity index (χ3n) is 3.31. The fourth-order valence-corrected chi connectivity index (χ4v) is 2.11. The number of aromatic carboxylic acids is 2. The fraction of sp³-hybridized carbons (Fsp3) is 0.320. The van der Waals surface area contributed by atoms with Gasteiger partial charge >= 0.3 is 23.9 Å². The Morgan fingerprint density at radius 2 is 0.857 bits per heavy atom. The van der Waals surface area contributed by atoms with Crippen LogP contribution >= 0.6 is 0 Å². The minimum Gasteiger partial charge on any atom is -0.478 e. The summed E-state index contributed by atoms with van der Waals surface area (Å²) in [5.41, 5.74) is 0.0978. The molecule has 10 heteroatoms. The molecule has 3 N–H and O–H groups in total. The number of hydrogen-bond acceptors (Lipinski definition) is 8. The van der Waals surface area contributed by atoms with Crippen LogP contribution in [0.3, 0.4) is 0 Å². The van der Waals surface area contributed by atoms with E-state index in [4.69, 9.17) is 24.8 Å². The monoisotopic (exact) mass is 492 g/mol. The Hall–Kier alpha value is -4.05. The van der Waals surface area contributed by atoms with Crippen molar-refractivity contribution in [3.8, 4) is 0 Å². The lowest BCUT2D eigenvalue weighted by molar-refractivity contribution is -0.115. The van der Waals surface area contributed by atoms with E-state index in [0.29, 0.717) is 0 Å². The highest BCUT2D eigenvalue weighted by molar-refractivity contribution is 6.03. The molecule has 2 rings (SSSR count). The molecule has 0 aliphatic rings. The van der Waals surface area contributed by atoms with E-state index in [-0.39, 0.29) is 47.9 Å². The van der Waals surface area contributed by atoms with Gasteiger partial charge in [0.1, 0.15) is 5.78 Å². The van der Waals surface area contributed by atoms with Crippen molar-refractivity contribution in [1.82, 2.24) is 0 Å². The second-order valence-corrected chi connectivity index (χ2v) is 6.37. The normalized spacial score (nSPS) is 8.86. The van der Waals surface area contributed by atoms with Gasteiger partial charge in [-0.3, -0.25) is 0 Å². The molecule has 0 saturated carbocycles. The maximum Gasteiger partial charge on any atom is 0.338 e. The number of carboxylic acid groups (broad SMARTS) is 2. The van der Waals surface area contributed by atoms with Crippen molar-refractivity contribution in [2.45, 2.75) is 34.6 Å². The summed E-state index contributed by atoms with van der Waals surface area (Å²) in [7, 11) is 0. The van der Waals surface area contributed by atoms with Crippen LogP contribution < -0.4 is 0 Å². The maximum atomic E-state index is 11.5. The molecule has 0 spiro atoms. The van der Waals surface area contributed by atoms with Crippen LogP contribution in [-0.4, -0.2) is 64.8 Å². The van der Waals surface area contributed by atoms with Crippen molar-refractivity contribution in [1.29, 1.82) is 0 Å². The summed E-state index contributed by atoms with van der Waals surface area (Å²) in [6.07, 6.45) is 0. The van der Waals surface area contributed by atoms with Crippen molar-refractivity contribution in [3.05, 3.63) is 70.8 Å². The maximum absolute atomic E-state index is 11.5. The van der Waals surface area contributed by atoms with Gasteiger partial charge in [0.05, 0.1) is 35.5 Å². The molecule has 10 nitrogen and oxygen atoms in total. The largest absolute Gasteiger partial charge is 0.478 e. The first kappa shape index (κ1) is 33.1. The van der Waals surface area contributed by atoms with E-state index in [0.717, 1.165) is 0 Å². The van der Waals surface area contributed by atoms with Crippen LogP contribution in [0.1, 0.15) is 76.1 Å². The van der Waals surface area contributed by atoms with Gasteiger partial charge in [-0.05, 0) is 58.9 Å². The molecule has 192 valence electrons. The number of aliphatic hydroxyl groups excluding tert-OH is 1. The number of carboxylic acids is 2. The second-order valence-electron chi connectivity index (χ2n) is 6.37. The number of carbonyl (C=O) groups is 5. The van der Waals surface area contributed by atoms with Crippen LogP contribution in [-0.2, 0) is 14.3 Å². The van der Waals surface area contributed by atoms with Crippen LogP contribution in [0, 0.1) is 0 Å². The number of rotatable bonds is 6. The van der Waals surface area contributed by atoms with Crippen molar-refractivity contribution < 1.29 is 48.8 Å². The summed E-state index contributed by atoms with van der Waals surface area (Å²) in [4.78, 5) is 53.5. The van der Waals surface area contributed by atoms with Gasteiger partial charge in [-0.25, -0.2) is 19.2 Å². The van der Waals surface area contributed by atoms with Gasteiger partial charge in [-0.15, -0.1) is 0 Å². The summed E-state index contributed by atoms with van der Waals surface area (Å²) in [5, 5.41) is 24.7. The Bertz CT molecular complexity index is 892. The van der Waals surface area contributed by atoms with Gasteiger partial charge in [0.15, 0.2) is 0 Å². The fourth-order valence-electron chi connectivity index (χ4n) is 2.11. The minimum atomic E-state index is -1.23. The number of benzene rings is 2. The van der Waals surface area contributed by atoms with E-state index in [1.165, 1.54) is 38.1 Å². The molecule has 0 aliphatic carbocycles. The highest BCUT2D eigenvalue weighted by atomic mass is 16.5. The van der Waals surface area contributed by atoms with Gasteiger partial charge < -0.3 is 29.6 Å². The number of esters is 2. The molecule has 0 bridgehead atoms.